The van der Waals surface area contributed by atoms with Gasteiger partial charge in [0.2, 0.25) is 0 Å². The second-order valence-corrected chi connectivity index (χ2v) is 8.68. The first-order valence-electron chi connectivity index (χ1n) is 9.87. The van der Waals surface area contributed by atoms with Gasteiger partial charge in [-0.25, -0.2) is 19.2 Å². The molecule has 4 rings (SSSR count). The fourth-order valence-corrected chi connectivity index (χ4v) is 4.32. The Morgan fingerprint density at radius 3 is 2.57 bits per heavy atom. The van der Waals surface area contributed by atoms with Crippen molar-refractivity contribution in [3.63, 3.8) is 0 Å². The Hall–Kier alpha value is -2.50. The third-order valence-corrected chi connectivity index (χ3v) is 5.37. The summed E-state index contributed by atoms with van der Waals surface area (Å²) < 4.78 is 19.1. The van der Waals surface area contributed by atoms with Crippen LogP contribution in [0.1, 0.15) is 63.2 Å². The molecule has 0 spiro atoms. The number of hydrogen-bond acceptors (Lipinski definition) is 4. The molecule has 1 fully saturated rings. The maximum atomic E-state index is 13.4. The van der Waals surface area contributed by atoms with Gasteiger partial charge in [-0.3, -0.25) is 4.90 Å². The van der Waals surface area contributed by atoms with E-state index in [1.807, 2.05) is 32.6 Å². The Balaban J connectivity index is 1.78. The van der Waals surface area contributed by atoms with E-state index in [4.69, 9.17) is 9.72 Å². The van der Waals surface area contributed by atoms with Crippen LogP contribution in [-0.2, 0) is 11.2 Å². The summed E-state index contributed by atoms with van der Waals surface area (Å²) in [4.78, 5) is 24.2. The van der Waals surface area contributed by atoms with Crippen LogP contribution in [0.3, 0.4) is 0 Å². The largest absolute Gasteiger partial charge is 0.444 e. The standard InChI is InChI=1S/C22H26FN3O2/c1-13-24-19(14-8-10-15(23)11-9-14)17-12-16-6-5-7-18(20(17)25-13)26(16)21(27)28-22(2,3)4/h8-11,16,18H,5-7,12H2,1-4H3/t16-,18+/m0/s1. The Labute approximate surface area is 164 Å². The monoisotopic (exact) mass is 383 g/mol. The van der Waals surface area contributed by atoms with Crippen LogP contribution in [0.25, 0.3) is 11.3 Å². The molecule has 2 atom stereocenters. The first-order chi connectivity index (χ1) is 13.2. The van der Waals surface area contributed by atoms with Crippen molar-refractivity contribution >= 4 is 6.09 Å². The number of aryl methyl sites for hydroxylation is 1. The maximum Gasteiger partial charge on any atom is 0.411 e. The molecule has 1 aromatic carbocycles. The minimum absolute atomic E-state index is 0.0756. The number of halogens is 1. The smallest absolute Gasteiger partial charge is 0.411 e. The summed E-state index contributed by atoms with van der Waals surface area (Å²) in [6.45, 7) is 7.52. The number of piperidine rings is 1. The number of ether oxygens (including phenoxy) is 1. The minimum atomic E-state index is -0.535. The Kier molecular flexibility index (Phi) is 4.60. The molecule has 1 aromatic heterocycles. The van der Waals surface area contributed by atoms with E-state index >= 15 is 0 Å². The predicted octanol–water partition coefficient (Wildman–Crippen LogP) is 4.98. The Morgan fingerprint density at radius 1 is 1.18 bits per heavy atom. The van der Waals surface area contributed by atoms with E-state index in [1.165, 1.54) is 12.1 Å². The van der Waals surface area contributed by atoms with E-state index in [9.17, 15) is 9.18 Å². The summed E-state index contributed by atoms with van der Waals surface area (Å²) in [5.41, 5.74) is 3.18. The van der Waals surface area contributed by atoms with Crippen LogP contribution >= 0.6 is 0 Å². The molecule has 2 aromatic rings. The van der Waals surface area contributed by atoms with Gasteiger partial charge in [0.15, 0.2) is 0 Å². The number of fused-ring (bicyclic) bond motifs is 4. The highest BCUT2D eigenvalue weighted by atomic mass is 19.1. The lowest BCUT2D eigenvalue weighted by Gasteiger charge is -2.46. The van der Waals surface area contributed by atoms with E-state index in [0.717, 1.165) is 41.8 Å². The zero-order valence-corrected chi connectivity index (χ0v) is 16.8. The van der Waals surface area contributed by atoms with Crippen molar-refractivity contribution in [1.29, 1.82) is 0 Å². The maximum absolute atomic E-state index is 13.4. The van der Waals surface area contributed by atoms with E-state index in [-0.39, 0.29) is 24.0 Å². The molecule has 6 heteroatoms. The molecule has 0 saturated carbocycles. The highest BCUT2D eigenvalue weighted by Gasteiger charge is 2.44. The molecule has 0 N–H and O–H groups in total. The van der Waals surface area contributed by atoms with E-state index in [0.29, 0.717) is 12.2 Å². The van der Waals surface area contributed by atoms with Gasteiger partial charge in [0.05, 0.1) is 17.4 Å². The van der Waals surface area contributed by atoms with Crippen LogP contribution in [0.2, 0.25) is 0 Å². The Morgan fingerprint density at radius 2 is 1.89 bits per heavy atom. The zero-order chi connectivity index (χ0) is 20.1. The predicted molar refractivity (Wildman–Crippen MR) is 104 cm³/mol. The summed E-state index contributed by atoms with van der Waals surface area (Å²) in [6.07, 6.45) is 3.28. The van der Waals surface area contributed by atoms with Gasteiger partial charge in [0, 0.05) is 17.2 Å². The van der Waals surface area contributed by atoms with Gasteiger partial charge < -0.3 is 4.74 Å². The van der Waals surface area contributed by atoms with Gasteiger partial charge in [-0.05, 0) is 77.6 Å². The lowest BCUT2D eigenvalue weighted by molar-refractivity contribution is -0.0105. The average Bonchev–Trinajstić information content (AvgIpc) is 2.61. The number of rotatable bonds is 1. The number of carbonyl (C=O) groups is 1. The van der Waals surface area contributed by atoms with Gasteiger partial charge in [-0.15, -0.1) is 0 Å². The molecule has 0 radical (unpaired) electrons. The molecular formula is C22H26FN3O2. The fraction of sp³-hybridized carbons (Fsp3) is 0.500. The Bertz CT molecular complexity index is 905. The topological polar surface area (TPSA) is 55.3 Å². The fourth-order valence-electron chi connectivity index (χ4n) is 4.32. The van der Waals surface area contributed by atoms with Crippen LogP contribution in [-0.4, -0.2) is 32.6 Å². The number of hydrogen-bond donors (Lipinski definition) is 0. The first-order valence-corrected chi connectivity index (χ1v) is 9.87. The first kappa shape index (κ1) is 18.8. The summed E-state index contributed by atoms with van der Waals surface area (Å²) >= 11 is 0. The molecule has 0 unspecified atom stereocenters. The van der Waals surface area contributed by atoms with Crippen molar-refractivity contribution in [2.45, 2.75) is 71.1 Å². The van der Waals surface area contributed by atoms with Gasteiger partial charge in [-0.1, -0.05) is 0 Å². The van der Waals surface area contributed by atoms with Crippen molar-refractivity contribution in [2.75, 3.05) is 0 Å². The van der Waals surface area contributed by atoms with Gasteiger partial charge in [0.1, 0.15) is 17.2 Å². The zero-order valence-electron chi connectivity index (χ0n) is 16.8. The summed E-state index contributed by atoms with van der Waals surface area (Å²) in [5, 5.41) is 0. The van der Waals surface area contributed by atoms with E-state index in [2.05, 4.69) is 4.98 Å². The van der Waals surface area contributed by atoms with Gasteiger partial charge in [0.25, 0.3) is 0 Å². The molecule has 1 saturated heterocycles. The molecule has 148 valence electrons. The second-order valence-electron chi connectivity index (χ2n) is 8.68. The minimum Gasteiger partial charge on any atom is -0.444 e. The SMILES string of the molecule is Cc1nc(-c2ccc(F)cc2)c2c(n1)[C@H]1CCC[C@@H](C2)N1C(=O)OC(C)(C)C. The third-order valence-electron chi connectivity index (χ3n) is 5.37. The van der Waals surface area contributed by atoms with Crippen molar-refractivity contribution in [1.82, 2.24) is 14.9 Å². The number of carbonyl (C=O) groups excluding carboxylic acids is 1. The van der Waals surface area contributed by atoms with Gasteiger partial charge >= 0.3 is 6.09 Å². The summed E-state index contributed by atoms with van der Waals surface area (Å²) in [7, 11) is 0. The van der Waals surface area contributed by atoms with Crippen molar-refractivity contribution in [3.05, 3.63) is 47.2 Å². The van der Waals surface area contributed by atoms with Crippen LogP contribution in [0.15, 0.2) is 24.3 Å². The second kappa shape index (κ2) is 6.83. The molecule has 28 heavy (non-hydrogen) atoms. The van der Waals surface area contributed by atoms with Gasteiger partial charge in [-0.2, -0.15) is 0 Å². The normalized spacial score (nSPS) is 21.2. The van der Waals surface area contributed by atoms with Crippen LogP contribution in [0.4, 0.5) is 9.18 Å². The molecule has 5 nitrogen and oxygen atoms in total. The van der Waals surface area contributed by atoms with Crippen LogP contribution in [0.5, 0.6) is 0 Å². The molecule has 2 bridgehead atoms. The quantitative estimate of drug-likeness (QED) is 0.697. The highest BCUT2D eigenvalue weighted by molar-refractivity contribution is 5.72. The van der Waals surface area contributed by atoms with Crippen LogP contribution < -0.4 is 0 Å². The molecule has 2 aliphatic heterocycles. The van der Waals surface area contributed by atoms with Crippen molar-refractivity contribution in [3.8, 4) is 11.3 Å². The summed E-state index contributed by atoms with van der Waals surface area (Å²) in [6, 6.07) is 6.40. The number of benzene rings is 1. The lowest BCUT2D eigenvalue weighted by Crippen LogP contribution is -2.51. The molecular weight excluding hydrogens is 357 g/mol. The molecule has 2 aliphatic rings. The molecule has 0 aliphatic carbocycles. The third kappa shape index (κ3) is 3.48. The molecule has 1 amide bonds. The van der Waals surface area contributed by atoms with Crippen molar-refractivity contribution in [2.24, 2.45) is 0 Å². The van der Waals surface area contributed by atoms with Crippen molar-refractivity contribution < 1.29 is 13.9 Å². The van der Waals surface area contributed by atoms with E-state index in [1.54, 1.807) is 12.1 Å². The average molecular weight is 383 g/mol. The number of amides is 1. The van der Waals surface area contributed by atoms with Crippen LogP contribution in [0, 0.1) is 12.7 Å². The number of aromatic nitrogens is 2. The lowest BCUT2D eigenvalue weighted by atomic mass is 9.81. The van der Waals surface area contributed by atoms with E-state index < -0.39 is 5.60 Å². The summed E-state index contributed by atoms with van der Waals surface area (Å²) in [5.74, 6) is 0.391. The highest BCUT2D eigenvalue weighted by Crippen LogP contribution is 2.44. The molecule has 3 heterocycles. The number of nitrogens with zero attached hydrogens (tertiary/aromatic N) is 3.